The summed E-state index contributed by atoms with van der Waals surface area (Å²) in [6.07, 6.45) is 2.21. The second kappa shape index (κ2) is 8.97. The summed E-state index contributed by atoms with van der Waals surface area (Å²) in [6, 6.07) is 14.5. The van der Waals surface area contributed by atoms with Gasteiger partial charge in [0.05, 0.1) is 11.3 Å². The topological polar surface area (TPSA) is 101 Å². The Bertz CT molecular complexity index is 1310. The number of benzene rings is 2. The van der Waals surface area contributed by atoms with Gasteiger partial charge in [0.25, 0.3) is 11.7 Å². The van der Waals surface area contributed by atoms with Crippen molar-refractivity contribution < 1.29 is 9.59 Å². The van der Waals surface area contributed by atoms with Crippen LogP contribution in [0.1, 0.15) is 39.3 Å². The Hall–Kier alpha value is -4.07. The molecule has 0 unspecified atom stereocenters. The van der Waals surface area contributed by atoms with E-state index < -0.39 is 0 Å². The molecule has 2 heterocycles. The van der Waals surface area contributed by atoms with E-state index in [1.165, 1.54) is 6.33 Å². The monoisotopic (exact) mass is 428 g/mol. The quantitative estimate of drug-likeness (QED) is 0.485. The number of aromatic nitrogens is 4. The second-order valence-corrected chi connectivity index (χ2v) is 7.65. The fraction of sp³-hybridized carbons (Fsp3) is 0.208. The Morgan fingerprint density at radius 2 is 1.81 bits per heavy atom. The number of aryl methyl sites for hydroxylation is 3. The van der Waals surface area contributed by atoms with Gasteiger partial charge in [0, 0.05) is 23.5 Å². The van der Waals surface area contributed by atoms with Gasteiger partial charge in [-0.25, -0.2) is 9.50 Å². The molecule has 0 bridgehead atoms. The Labute approximate surface area is 185 Å². The van der Waals surface area contributed by atoms with Crippen LogP contribution >= 0.6 is 0 Å². The molecule has 2 N–H and O–H groups in total. The fourth-order valence-corrected chi connectivity index (χ4v) is 3.68. The third-order valence-corrected chi connectivity index (χ3v) is 5.31. The minimum atomic E-state index is -0.279. The Morgan fingerprint density at radius 1 is 1.00 bits per heavy atom. The summed E-state index contributed by atoms with van der Waals surface area (Å²) in [7, 11) is 0. The molecule has 0 aliphatic heterocycles. The van der Waals surface area contributed by atoms with Crippen molar-refractivity contribution >= 4 is 29.0 Å². The number of hydrogen-bond donors (Lipinski definition) is 2. The van der Waals surface area contributed by atoms with Crippen LogP contribution in [0.4, 0.5) is 11.4 Å². The van der Waals surface area contributed by atoms with Crippen molar-refractivity contribution in [2.75, 3.05) is 10.6 Å². The molecule has 2 amide bonds. The van der Waals surface area contributed by atoms with Crippen LogP contribution in [-0.2, 0) is 11.2 Å². The highest BCUT2D eigenvalue weighted by atomic mass is 16.2. The molecule has 4 rings (SSSR count). The predicted molar refractivity (Wildman–Crippen MR) is 123 cm³/mol. The highest BCUT2D eigenvalue weighted by molar-refractivity contribution is 6.10. The fourth-order valence-electron chi connectivity index (χ4n) is 3.68. The van der Waals surface area contributed by atoms with Gasteiger partial charge in [0.2, 0.25) is 5.91 Å². The molecule has 2 aromatic heterocycles. The van der Waals surface area contributed by atoms with Gasteiger partial charge in [-0.15, -0.1) is 0 Å². The summed E-state index contributed by atoms with van der Waals surface area (Å²) in [5.74, 6) is 0.0825. The van der Waals surface area contributed by atoms with Crippen LogP contribution in [0.15, 0.2) is 54.9 Å². The van der Waals surface area contributed by atoms with Crippen LogP contribution in [0.3, 0.4) is 0 Å². The van der Waals surface area contributed by atoms with Crippen LogP contribution < -0.4 is 10.6 Å². The molecule has 0 aliphatic rings. The number of para-hydroxylation sites is 1. The smallest absolute Gasteiger partial charge is 0.257 e. The molecule has 0 saturated carbocycles. The average molecular weight is 428 g/mol. The third-order valence-electron chi connectivity index (χ3n) is 5.31. The van der Waals surface area contributed by atoms with Crippen LogP contribution in [0.5, 0.6) is 0 Å². The molecule has 4 aromatic rings. The zero-order valence-corrected chi connectivity index (χ0v) is 18.2. The Balaban J connectivity index is 1.46. The summed E-state index contributed by atoms with van der Waals surface area (Å²) in [5.41, 5.74) is 5.33. The van der Waals surface area contributed by atoms with E-state index in [1.54, 1.807) is 28.8 Å². The standard InChI is InChI=1S/C24H24N6O2/c1-15-7-6-8-18(13-15)28-23(32)20-9-4-5-10-21(20)29-22(31)12-11-19-16(2)27-24-25-14-26-30(24)17(19)3/h4-10,13-14H,11-12H2,1-3H3,(H,28,32)(H,29,31). The molecule has 162 valence electrons. The lowest BCUT2D eigenvalue weighted by Crippen LogP contribution is -2.19. The summed E-state index contributed by atoms with van der Waals surface area (Å²) >= 11 is 0. The maximum absolute atomic E-state index is 12.8. The van der Waals surface area contributed by atoms with Crippen molar-refractivity contribution in [3.8, 4) is 0 Å². The third kappa shape index (κ3) is 4.49. The molecule has 0 radical (unpaired) electrons. The lowest BCUT2D eigenvalue weighted by molar-refractivity contribution is -0.116. The molecule has 0 spiro atoms. The number of amides is 2. The zero-order chi connectivity index (χ0) is 22.7. The molecule has 0 atom stereocenters. The summed E-state index contributed by atoms with van der Waals surface area (Å²) in [6.45, 7) is 5.80. The van der Waals surface area contributed by atoms with Gasteiger partial charge in [-0.3, -0.25) is 9.59 Å². The first kappa shape index (κ1) is 21.2. The van der Waals surface area contributed by atoms with Gasteiger partial charge >= 0.3 is 0 Å². The molecule has 0 saturated heterocycles. The number of nitrogens with one attached hydrogen (secondary N) is 2. The predicted octanol–water partition coefficient (Wildman–Crippen LogP) is 3.87. The number of carbonyl (C=O) groups excluding carboxylic acids is 2. The van der Waals surface area contributed by atoms with Crippen molar-refractivity contribution in [1.82, 2.24) is 19.6 Å². The minimum Gasteiger partial charge on any atom is -0.325 e. The Morgan fingerprint density at radius 3 is 2.62 bits per heavy atom. The van der Waals surface area contributed by atoms with Crippen molar-refractivity contribution in [1.29, 1.82) is 0 Å². The summed E-state index contributed by atoms with van der Waals surface area (Å²) < 4.78 is 1.67. The van der Waals surface area contributed by atoms with Crippen LogP contribution in [0.25, 0.3) is 5.78 Å². The molecule has 8 heteroatoms. The first-order valence-electron chi connectivity index (χ1n) is 10.3. The van der Waals surface area contributed by atoms with Gasteiger partial charge in [-0.05, 0) is 62.6 Å². The maximum Gasteiger partial charge on any atom is 0.257 e. The second-order valence-electron chi connectivity index (χ2n) is 7.65. The van der Waals surface area contributed by atoms with Gasteiger partial charge in [0.15, 0.2) is 0 Å². The lowest BCUT2D eigenvalue weighted by Gasteiger charge is -2.13. The SMILES string of the molecule is Cc1cccc(NC(=O)c2ccccc2NC(=O)CCc2c(C)nc3ncnn3c2C)c1. The summed E-state index contributed by atoms with van der Waals surface area (Å²) in [4.78, 5) is 34.1. The van der Waals surface area contributed by atoms with Crippen molar-refractivity contribution in [3.63, 3.8) is 0 Å². The Kier molecular flexibility index (Phi) is 5.93. The van der Waals surface area contributed by atoms with E-state index in [1.807, 2.05) is 45.0 Å². The van der Waals surface area contributed by atoms with Gasteiger partial charge in [0.1, 0.15) is 6.33 Å². The van der Waals surface area contributed by atoms with Crippen molar-refractivity contribution in [2.45, 2.75) is 33.6 Å². The minimum absolute atomic E-state index is 0.182. The average Bonchev–Trinajstić information content (AvgIpc) is 3.22. The van der Waals surface area contributed by atoms with Crippen LogP contribution in [-0.4, -0.2) is 31.4 Å². The maximum atomic E-state index is 12.8. The number of rotatable bonds is 6. The molecular weight excluding hydrogens is 404 g/mol. The molecule has 0 aliphatic carbocycles. The first-order valence-corrected chi connectivity index (χ1v) is 10.3. The van der Waals surface area contributed by atoms with Gasteiger partial charge < -0.3 is 10.6 Å². The van der Waals surface area contributed by atoms with E-state index in [0.29, 0.717) is 29.1 Å². The lowest BCUT2D eigenvalue weighted by atomic mass is 10.1. The van der Waals surface area contributed by atoms with E-state index in [0.717, 1.165) is 22.5 Å². The number of fused-ring (bicyclic) bond motifs is 1. The largest absolute Gasteiger partial charge is 0.325 e. The van der Waals surface area contributed by atoms with E-state index >= 15 is 0 Å². The molecule has 8 nitrogen and oxygen atoms in total. The highest BCUT2D eigenvalue weighted by Gasteiger charge is 2.16. The molecule has 32 heavy (non-hydrogen) atoms. The molecule has 2 aromatic carbocycles. The number of nitrogens with zero attached hydrogens (tertiary/aromatic N) is 4. The molecule has 0 fully saturated rings. The number of anilines is 2. The normalized spacial score (nSPS) is 10.8. The summed E-state index contributed by atoms with van der Waals surface area (Å²) in [5, 5.41) is 9.94. The number of carbonyl (C=O) groups is 2. The van der Waals surface area contributed by atoms with Gasteiger partial charge in [-0.1, -0.05) is 24.3 Å². The van der Waals surface area contributed by atoms with Crippen molar-refractivity contribution in [2.24, 2.45) is 0 Å². The molecular formula is C24H24N6O2. The van der Waals surface area contributed by atoms with E-state index in [9.17, 15) is 9.59 Å². The zero-order valence-electron chi connectivity index (χ0n) is 18.2. The highest BCUT2D eigenvalue weighted by Crippen LogP contribution is 2.20. The van der Waals surface area contributed by atoms with Crippen molar-refractivity contribution in [3.05, 3.63) is 82.9 Å². The van der Waals surface area contributed by atoms with E-state index in [-0.39, 0.29) is 18.2 Å². The van der Waals surface area contributed by atoms with Crippen LogP contribution in [0.2, 0.25) is 0 Å². The van der Waals surface area contributed by atoms with E-state index in [4.69, 9.17) is 0 Å². The van der Waals surface area contributed by atoms with Gasteiger partial charge in [-0.2, -0.15) is 10.1 Å². The van der Waals surface area contributed by atoms with E-state index in [2.05, 4.69) is 25.7 Å². The number of hydrogen-bond acceptors (Lipinski definition) is 5. The first-order chi connectivity index (χ1) is 15.4. The van der Waals surface area contributed by atoms with Crippen LogP contribution in [0, 0.1) is 20.8 Å².